The number of nitrogens with one attached hydrogen (secondary N) is 2. The van der Waals surface area contributed by atoms with Gasteiger partial charge in [0.15, 0.2) is 5.78 Å². The van der Waals surface area contributed by atoms with Crippen molar-refractivity contribution in [2.45, 2.75) is 45.6 Å². The standard InChI is InChI=1S/C30H39FN6O2/c1-6-15-32-29-24(20-33-30(35-29)34-26-13-11-25(31)12-14-26)10-9-22-17-23(18-22)19-27(38)21(2)37(5)28(39)8-7-16-36(3)4/h7-8,11-14,20-23H,6,15-19H2,1-5H3,(H2,32,33,34,35)/b8-7+/t21-,22?,23?/m0/s1. The van der Waals surface area contributed by atoms with E-state index in [-0.39, 0.29) is 29.3 Å². The Morgan fingerprint density at radius 3 is 2.59 bits per heavy atom. The van der Waals surface area contributed by atoms with Crippen molar-refractivity contribution in [3.8, 4) is 11.8 Å². The molecule has 2 N–H and O–H groups in total. The van der Waals surface area contributed by atoms with Crippen molar-refractivity contribution >= 4 is 29.1 Å². The third-order valence-electron chi connectivity index (χ3n) is 6.69. The lowest BCUT2D eigenvalue weighted by Crippen LogP contribution is -2.41. The van der Waals surface area contributed by atoms with Gasteiger partial charge in [0.1, 0.15) is 11.6 Å². The Kier molecular flexibility index (Phi) is 11.0. The molecule has 1 fully saturated rings. The molecule has 0 unspecified atom stereocenters. The average Bonchev–Trinajstić information content (AvgIpc) is 2.89. The normalized spacial score (nSPS) is 17.2. The van der Waals surface area contributed by atoms with Crippen LogP contribution in [-0.2, 0) is 9.59 Å². The van der Waals surface area contributed by atoms with Crippen LogP contribution in [0.25, 0.3) is 0 Å². The van der Waals surface area contributed by atoms with Crippen molar-refractivity contribution in [2.24, 2.45) is 11.8 Å². The van der Waals surface area contributed by atoms with E-state index >= 15 is 0 Å². The zero-order valence-corrected chi connectivity index (χ0v) is 23.5. The van der Waals surface area contributed by atoms with Crippen LogP contribution in [0, 0.1) is 29.5 Å². The Morgan fingerprint density at radius 2 is 1.92 bits per heavy atom. The summed E-state index contributed by atoms with van der Waals surface area (Å²) in [6.07, 6.45) is 8.11. The van der Waals surface area contributed by atoms with Gasteiger partial charge in [-0.05, 0) is 70.5 Å². The predicted molar refractivity (Wildman–Crippen MR) is 153 cm³/mol. The van der Waals surface area contributed by atoms with Gasteiger partial charge in [0, 0.05) is 44.2 Å². The number of ketones is 1. The Hall–Kier alpha value is -3.77. The molecule has 2 aromatic rings. The fourth-order valence-electron chi connectivity index (χ4n) is 4.12. The third-order valence-corrected chi connectivity index (χ3v) is 6.69. The number of rotatable bonds is 12. The van der Waals surface area contributed by atoms with E-state index in [2.05, 4.69) is 39.4 Å². The molecule has 9 heteroatoms. The number of carbonyl (C=O) groups excluding carboxylic acids is 2. The zero-order valence-electron chi connectivity index (χ0n) is 23.5. The van der Waals surface area contributed by atoms with Crippen LogP contribution < -0.4 is 10.6 Å². The molecule has 0 bridgehead atoms. The van der Waals surface area contributed by atoms with E-state index in [1.165, 1.54) is 23.1 Å². The second-order valence-corrected chi connectivity index (χ2v) is 10.3. The van der Waals surface area contributed by atoms with E-state index in [1.54, 1.807) is 38.4 Å². The molecule has 1 aromatic carbocycles. The largest absolute Gasteiger partial charge is 0.369 e. The van der Waals surface area contributed by atoms with Crippen molar-refractivity contribution in [3.63, 3.8) is 0 Å². The molecule has 1 heterocycles. The molecule has 1 amide bonds. The summed E-state index contributed by atoms with van der Waals surface area (Å²) in [4.78, 5) is 37.5. The lowest BCUT2D eigenvalue weighted by Gasteiger charge is -2.33. The summed E-state index contributed by atoms with van der Waals surface area (Å²) in [7, 11) is 5.54. The van der Waals surface area contributed by atoms with Crippen LogP contribution in [0.15, 0.2) is 42.6 Å². The maximum atomic E-state index is 13.2. The summed E-state index contributed by atoms with van der Waals surface area (Å²) in [5, 5.41) is 6.39. The lowest BCUT2D eigenvalue weighted by molar-refractivity contribution is -0.134. The fraction of sp³-hybridized carbons (Fsp3) is 0.467. The molecule has 1 aliphatic rings. The first-order valence-corrected chi connectivity index (χ1v) is 13.4. The number of aromatic nitrogens is 2. The van der Waals surface area contributed by atoms with E-state index in [4.69, 9.17) is 0 Å². The average molecular weight is 535 g/mol. The second-order valence-electron chi connectivity index (χ2n) is 10.3. The molecule has 1 atom stereocenters. The summed E-state index contributed by atoms with van der Waals surface area (Å²) in [5.74, 6) is 7.68. The summed E-state index contributed by atoms with van der Waals surface area (Å²) >= 11 is 0. The molecule has 3 rings (SSSR count). The molecule has 39 heavy (non-hydrogen) atoms. The first-order chi connectivity index (χ1) is 18.7. The van der Waals surface area contributed by atoms with Crippen molar-refractivity contribution in [2.75, 3.05) is 44.9 Å². The number of anilines is 3. The highest BCUT2D eigenvalue weighted by Crippen LogP contribution is 2.36. The first-order valence-electron chi connectivity index (χ1n) is 13.4. The number of nitrogens with zero attached hydrogens (tertiary/aromatic N) is 4. The Balaban J connectivity index is 1.54. The summed E-state index contributed by atoms with van der Waals surface area (Å²) in [6.45, 7) is 5.28. The number of hydrogen-bond donors (Lipinski definition) is 2. The topological polar surface area (TPSA) is 90.5 Å². The second kappa shape index (κ2) is 14.4. The lowest BCUT2D eigenvalue weighted by atomic mass is 9.72. The van der Waals surface area contributed by atoms with Crippen LogP contribution in [0.1, 0.15) is 45.1 Å². The van der Waals surface area contributed by atoms with Crippen LogP contribution in [0.5, 0.6) is 0 Å². The molecule has 1 saturated carbocycles. The van der Waals surface area contributed by atoms with Crippen molar-refractivity contribution in [1.82, 2.24) is 19.8 Å². The summed E-state index contributed by atoms with van der Waals surface area (Å²) < 4.78 is 13.2. The number of benzene rings is 1. The molecule has 1 aliphatic carbocycles. The Bertz CT molecular complexity index is 1210. The van der Waals surface area contributed by atoms with Gasteiger partial charge in [-0.1, -0.05) is 24.8 Å². The zero-order chi connectivity index (χ0) is 28.4. The van der Waals surface area contributed by atoms with Gasteiger partial charge in [-0.25, -0.2) is 9.37 Å². The van der Waals surface area contributed by atoms with Crippen LogP contribution >= 0.6 is 0 Å². The number of hydrogen-bond acceptors (Lipinski definition) is 7. The molecule has 0 spiro atoms. The van der Waals surface area contributed by atoms with Gasteiger partial charge >= 0.3 is 0 Å². The van der Waals surface area contributed by atoms with Crippen LogP contribution in [0.2, 0.25) is 0 Å². The van der Waals surface area contributed by atoms with Crippen LogP contribution in [-0.4, -0.2) is 71.7 Å². The van der Waals surface area contributed by atoms with Crippen molar-refractivity contribution in [3.05, 3.63) is 54.0 Å². The van der Waals surface area contributed by atoms with Gasteiger partial charge in [-0.2, -0.15) is 4.98 Å². The number of likely N-dealkylation sites (N-methyl/N-ethyl adjacent to an activating group) is 2. The smallest absolute Gasteiger partial charge is 0.246 e. The van der Waals surface area contributed by atoms with Gasteiger partial charge in [0.2, 0.25) is 11.9 Å². The molecular weight excluding hydrogens is 495 g/mol. The van der Waals surface area contributed by atoms with Crippen LogP contribution in [0.4, 0.5) is 21.8 Å². The van der Waals surface area contributed by atoms with E-state index in [1.807, 2.05) is 19.0 Å². The SMILES string of the molecule is CCCNc1nc(Nc2ccc(F)cc2)ncc1C#CC1CC(CC(=O)[C@H](C)N(C)C(=O)/C=C/CN(C)C)C1. The van der Waals surface area contributed by atoms with Gasteiger partial charge in [-0.3, -0.25) is 9.59 Å². The highest BCUT2D eigenvalue weighted by atomic mass is 19.1. The number of carbonyl (C=O) groups is 2. The molecule has 208 valence electrons. The predicted octanol–water partition coefficient (Wildman–Crippen LogP) is 4.48. The maximum Gasteiger partial charge on any atom is 0.246 e. The van der Waals surface area contributed by atoms with Crippen molar-refractivity contribution < 1.29 is 14.0 Å². The minimum Gasteiger partial charge on any atom is -0.369 e. The molecule has 0 radical (unpaired) electrons. The fourth-order valence-corrected chi connectivity index (χ4v) is 4.12. The number of halogens is 1. The molecule has 0 saturated heterocycles. The van der Waals surface area contributed by atoms with Gasteiger partial charge in [0.25, 0.3) is 0 Å². The summed E-state index contributed by atoms with van der Waals surface area (Å²) in [6, 6.07) is 5.55. The van der Waals surface area contributed by atoms with Gasteiger partial charge in [-0.15, -0.1) is 0 Å². The Labute approximate surface area is 231 Å². The molecule has 8 nitrogen and oxygen atoms in total. The minimum atomic E-state index is -0.460. The van der Waals surface area contributed by atoms with E-state index < -0.39 is 6.04 Å². The molecular formula is C30H39FN6O2. The van der Waals surface area contributed by atoms with Crippen molar-refractivity contribution in [1.29, 1.82) is 0 Å². The third kappa shape index (κ3) is 9.18. The first kappa shape index (κ1) is 29.8. The molecule has 1 aromatic heterocycles. The highest BCUT2D eigenvalue weighted by Gasteiger charge is 2.32. The maximum absolute atomic E-state index is 13.2. The number of Topliss-reactive ketones (excluding diaryl/α,β-unsaturated/α-hetero) is 1. The Morgan fingerprint density at radius 1 is 1.21 bits per heavy atom. The minimum absolute atomic E-state index is 0.0759. The van der Waals surface area contributed by atoms with E-state index in [0.717, 1.165) is 25.8 Å². The summed E-state index contributed by atoms with van der Waals surface area (Å²) in [5.41, 5.74) is 1.40. The molecule has 0 aliphatic heterocycles. The van der Waals surface area contributed by atoms with Gasteiger partial charge < -0.3 is 20.4 Å². The quantitative estimate of drug-likeness (QED) is 0.306. The monoisotopic (exact) mass is 534 g/mol. The van der Waals surface area contributed by atoms with Crippen LogP contribution in [0.3, 0.4) is 0 Å². The number of amides is 1. The highest BCUT2D eigenvalue weighted by molar-refractivity contribution is 5.93. The van der Waals surface area contributed by atoms with E-state index in [0.29, 0.717) is 36.0 Å². The van der Waals surface area contributed by atoms with Gasteiger partial charge in [0.05, 0.1) is 17.8 Å². The van der Waals surface area contributed by atoms with E-state index in [9.17, 15) is 14.0 Å².